The molecule has 0 spiro atoms. The first-order valence-corrected chi connectivity index (χ1v) is 6.53. The minimum absolute atomic E-state index is 0.409. The maximum atomic E-state index is 6.28. The van der Waals surface area contributed by atoms with E-state index in [2.05, 4.69) is 24.4 Å². The summed E-state index contributed by atoms with van der Waals surface area (Å²) in [5.74, 6) is 1.53. The van der Waals surface area contributed by atoms with Crippen molar-refractivity contribution in [3.05, 3.63) is 34.9 Å². The molecule has 1 aliphatic rings. The average Bonchev–Trinajstić information content (AvgIpc) is 2.69. The van der Waals surface area contributed by atoms with Crippen LogP contribution in [0.5, 0.6) is 0 Å². The second kappa shape index (κ2) is 5.20. The zero-order valence-corrected chi connectivity index (χ0v) is 10.8. The van der Waals surface area contributed by atoms with Crippen LogP contribution in [0, 0.1) is 11.8 Å². The molecule has 0 radical (unpaired) electrons. The van der Waals surface area contributed by atoms with Crippen LogP contribution in [0.3, 0.4) is 0 Å². The van der Waals surface area contributed by atoms with E-state index in [4.69, 9.17) is 11.6 Å². The van der Waals surface area contributed by atoms with E-state index in [1.807, 2.05) is 19.2 Å². The molecular formula is C14H20ClN. The highest BCUT2D eigenvalue weighted by Gasteiger charge is 2.31. The maximum absolute atomic E-state index is 6.28. The molecule has 2 heteroatoms. The van der Waals surface area contributed by atoms with Gasteiger partial charge in [-0.2, -0.15) is 0 Å². The van der Waals surface area contributed by atoms with Crippen molar-refractivity contribution < 1.29 is 0 Å². The predicted octanol–water partition coefficient (Wildman–Crippen LogP) is 4.04. The Kier molecular flexibility index (Phi) is 3.88. The van der Waals surface area contributed by atoms with Gasteiger partial charge in [-0.15, -0.1) is 0 Å². The summed E-state index contributed by atoms with van der Waals surface area (Å²) >= 11 is 6.28. The summed E-state index contributed by atoms with van der Waals surface area (Å²) in [6, 6.07) is 8.61. The summed E-state index contributed by atoms with van der Waals surface area (Å²) in [5, 5.41) is 4.34. The first kappa shape index (κ1) is 11.9. The molecule has 1 fully saturated rings. The fourth-order valence-electron chi connectivity index (χ4n) is 3.00. The molecule has 3 atom stereocenters. The summed E-state index contributed by atoms with van der Waals surface area (Å²) in [6.45, 7) is 2.36. The molecule has 0 saturated heterocycles. The lowest BCUT2D eigenvalue weighted by Crippen LogP contribution is -2.27. The van der Waals surface area contributed by atoms with Gasteiger partial charge in [0.25, 0.3) is 0 Å². The normalized spacial score (nSPS) is 26.9. The van der Waals surface area contributed by atoms with Crippen molar-refractivity contribution >= 4 is 11.6 Å². The van der Waals surface area contributed by atoms with Crippen molar-refractivity contribution in [2.75, 3.05) is 7.05 Å². The van der Waals surface area contributed by atoms with Gasteiger partial charge in [0.15, 0.2) is 0 Å². The van der Waals surface area contributed by atoms with Crippen molar-refractivity contribution in [1.29, 1.82) is 0 Å². The quantitative estimate of drug-likeness (QED) is 0.837. The Hall–Kier alpha value is -0.530. The van der Waals surface area contributed by atoms with Crippen molar-refractivity contribution in [1.82, 2.24) is 5.32 Å². The van der Waals surface area contributed by atoms with Gasteiger partial charge in [-0.1, -0.05) is 49.6 Å². The third-order valence-electron chi connectivity index (χ3n) is 3.91. The number of benzene rings is 1. The third-order valence-corrected chi connectivity index (χ3v) is 4.25. The zero-order chi connectivity index (χ0) is 11.5. The number of nitrogens with one attached hydrogen (secondary N) is 1. The van der Waals surface area contributed by atoms with Gasteiger partial charge < -0.3 is 5.32 Å². The summed E-state index contributed by atoms with van der Waals surface area (Å²) in [4.78, 5) is 0. The lowest BCUT2D eigenvalue weighted by molar-refractivity contribution is 0.315. The molecule has 1 saturated carbocycles. The number of hydrogen-bond donors (Lipinski definition) is 1. The van der Waals surface area contributed by atoms with Gasteiger partial charge in [0.1, 0.15) is 0 Å². The van der Waals surface area contributed by atoms with E-state index < -0.39 is 0 Å². The third kappa shape index (κ3) is 2.26. The Morgan fingerprint density at radius 2 is 2.06 bits per heavy atom. The van der Waals surface area contributed by atoms with Gasteiger partial charge in [-0.25, -0.2) is 0 Å². The molecule has 2 rings (SSSR count). The van der Waals surface area contributed by atoms with Crippen LogP contribution in [0.2, 0.25) is 5.02 Å². The van der Waals surface area contributed by atoms with E-state index in [0.29, 0.717) is 6.04 Å². The van der Waals surface area contributed by atoms with Crippen molar-refractivity contribution in [3.63, 3.8) is 0 Å². The molecule has 88 valence electrons. The van der Waals surface area contributed by atoms with Crippen LogP contribution >= 0.6 is 11.6 Å². The van der Waals surface area contributed by atoms with Crippen LogP contribution in [0.4, 0.5) is 0 Å². The predicted molar refractivity (Wildman–Crippen MR) is 69.8 cm³/mol. The van der Waals surface area contributed by atoms with E-state index in [-0.39, 0.29) is 0 Å². The Bertz CT molecular complexity index is 350. The minimum atomic E-state index is 0.409. The van der Waals surface area contributed by atoms with Crippen LogP contribution in [0.15, 0.2) is 24.3 Å². The highest BCUT2D eigenvalue weighted by atomic mass is 35.5. The van der Waals surface area contributed by atoms with E-state index in [1.165, 1.54) is 24.8 Å². The maximum Gasteiger partial charge on any atom is 0.0453 e. The Labute approximate surface area is 103 Å². The standard InChI is InChI=1S/C14H20ClN/c1-10-6-5-8-11(10)14(16-2)12-7-3-4-9-13(12)15/h3-4,7,9-11,14,16H,5-6,8H2,1-2H3. The summed E-state index contributed by atoms with van der Waals surface area (Å²) in [7, 11) is 2.04. The van der Waals surface area contributed by atoms with E-state index >= 15 is 0 Å². The molecule has 16 heavy (non-hydrogen) atoms. The fraction of sp³-hybridized carbons (Fsp3) is 0.571. The van der Waals surface area contributed by atoms with Crippen LogP contribution in [-0.2, 0) is 0 Å². The first-order valence-electron chi connectivity index (χ1n) is 6.15. The first-order chi connectivity index (χ1) is 7.74. The van der Waals surface area contributed by atoms with E-state index in [0.717, 1.165) is 16.9 Å². The van der Waals surface area contributed by atoms with Gasteiger partial charge in [-0.05, 0) is 36.9 Å². The Morgan fingerprint density at radius 1 is 1.31 bits per heavy atom. The highest BCUT2D eigenvalue weighted by molar-refractivity contribution is 6.31. The molecule has 0 aliphatic heterocycles. The van der Waals surface area contributed by atoms with Crippen LogP contribution in [0.25, 0.3) is 0 Å². The monoisotopic (exact) mass is 237 g/mol. The van der Waals surface area contributed by atoms with Gasteiger partial charge >= 0.3 is 0 Å². The summed E-state index contributed by atoms with van der Waals surface area (Å²) in [6.07, 6.45) is 4.03. The average molecular weight is 238 g/mol. The molecule has 1 N–H and O–H groups in total. The second-order valence-corrected chi connectivity index (χ2v) is 5.27. The molecule has 0 heterocycles. The Balaban J connectivity index is 2.25. The van der Waals surface area contributed by atoms with Crippen LogP contribution in [-0.4, -0.2) is 7.05 Å². The lowest BCUT2D eigenvalue weighted by atomic mass is 9.86. The molecular weight excluding hydrogens is 218 g/mol. The Morgan fingerprint density at radius 3 is 2.62 bits per heavy atom. The minimum Gasteiger partial charge on any atom is -0.313 e. The largest absolute Gasteiger partial charge is 0.313 e. The van der Waals surface area contributed by atoms with Crippen LogP contribution in [0.1, 0.15) is 37.8 Å². The molecule has 1 nitrogen and oxygen atoms in total. The summed E-state index contributed by atoms with van der Waals surface area (Å²) < 4.78 is 0. The molecule has 0 aromatic heterocycles. The van der Waals surface area contributed by atoms with Gasteiger partial charge in [-0.3, -0.25) is 0 Å². The summed E-state index contributed by atoms with van der Waals surface area (Å²) in [5.41, 5.74) is 1.26. The highest BCUT2D eigenvalue weighted by Crippen LogP contribution is 2.41. The smallest absolute Gasteiger partial charge is 0.0453 e. The fourth-order valence-corrected chi connectivity index (χ4v) is 3.25. The SMILES string of the molecule is CNC(c1ccccc1Cl)C1CCCC1C. The van der Waals surface area contributed by atoms with Crippen molar-refractivity contribution in [3.8, 4) is 0 Å². The van der Waals surface area contributed by atoms with Gasteiger partial charge in [0, 0.05) is 11.1 Å². The number of rotatable bonds is 3. The zero-order valence-electron chi connectivity index (χ0n) is 10.0. The van der Waals surface area contributed by atoms with Crippen molar-refractivity contribution in [2.24, 2.45) is 11.8 Å². The van der Waals surface area contributed by atoms with Gasteiger partial charge in [0.05, 0.1) is 0 Å². The van der Waals surface area contributed by atoms with Crippen molar-refractivity contribution in [2.45, 2.75) is 32.2 Å². The topological polar surface area (TPSA) is 12.0 Å². The number of hydrogen-bond acceptors (Lipinski definition) is 1. The van der Waals surface area contributed by atoms with Gasteiger partial charge in [0.2, 0.25) is 0 Å². The van der Waals surface area contributed by atoms with Crippen LogP contribution < -0.4 is 5.32 Å². The molecule has 0 bridgehead atoms. The molecule has 0 amide bonds. The second-order valence-electron chi connectivity index (χ2n) is 4.86. The lowest BCUT2D eigenvalue weighted by Gasteiger charge is -2.27. The molecule has 1 aliphatic carbocycles. The molecule has 1 aromatic carbocycles. The number of halogens is 1. The van der Waals surface area contributed by atoms with E-state index in [1.54, 1.807) is 0 Å². The van der Waals surface area contributed by atoms with E-state index in [9.17, 15) is 0 Å². The molecule has 3 unspecified atom stereocenters. The molecule has 1 aromatic rings.